The zero-order chi connectivity index (χ0) is 21.4. The van der Waals surface area contributed by atoms with Gasteiger partial charge in [-0.3, -0.25) is 9.48 Å². The molecule has 1 aliphatic heterocycles. The molecule has 0 unspecified atom stereocenters. The summed E-state index contributed by atoms with van der Waals surface area (Å²) in [4.78, 5) is 15.3. The summed E-state index contributed by atoms with van der Waals surface area (Å²) >= 11 is 0. The van der Waals surface area contributed by atoms with Gasteiger partial charge in [-0.25, -0.2) is 4.39 Å². The molecule has 160 valence electrons. The van der Waals surface area contributed by atoms with E-state index in [4.69, 9.17) is 0 Å². The lowest BCUT2D eigenvalue weighted by Gasteiger charge is -2.70. The second kappa shape index (κ2) is 6.39. The number of rotatable bonds is 4. The van der Waals surface area contributed by atoms with Crippen LogP contribution in [0.4, 0.5) is 4.39 Å². The van der Waals surface area contributed by atoms with Crippen molar-refractivity contribution in [3.05, 3.63) is 65.6 Å². The Kier molecular flexibility index (Phi) is 3.91. The zero-order valence-electron chi connectivity index (χ0n) is 17.6. The van der Waals surface area contributed by atoms with Crippen molar-refractivity contribution in [2.24, 2.45) is 10.8 Å². The van der Waals surface area contributed by atoms with Crippen LogP contribution in [-0.2, 0) is 11.3 Å². The van der Waals surface area contributed by atoms with Gasteiger partial charge in [0.15, 0.2) is 0 Å². The van der Waals surface area contributed by atoms with E-state index in [9.17, 15) is 14.3 Å². The number of hydrogen-bond acceptors (Lipinski definition) is 3. The number of aryl methyl sites for hydroxylation is 1. The minimum Gasteiger partial charge on any atom is -0.391 e. The molecule has 4 fully saturated rings. The van der Waals surface area contributed by atoms with Gasteiger partial charge in [-0.15, -0.1) is 0 Å². The van der Waals surface area contributed by atoms with Crippen LogP contribution in [0, 0.1) is 23.6 Å². The molecule has 31 heavy (non-hydrogen) atoms. The van der Waals surface area contributed by atoms with E-state index in [0.29, 0.717) is 13.0 Å². The third kappa shape index (κ3) is 2.84. The second-order valence-electron chi connectivity index (χ2n) is 10.1. The third-order valence-electron chi connectivity index (χ3n) is 7.65. The van der Waals surface area contributed by atoms with Crippen LogP contribution >= 0.6 is 0 Å². The fourth-order valence-electron chi connectivity index (χ4n) is 6.42. The van der Waals surface area contributed by atoms with Gasteiger partial charge in [0, 0.05) is 18.5 Å². The van der Waals surface area contributed by atoms with Crippen LogP contribution in [-0.4, -0.2) is 38.3 Å². The van der Waals surface area contributed by atoms with Crippen molar-refractivity contribution in [2.75, 3.05) is 6.54 Å². The summed E-state index contributed by atoms with van der Waals surface area (Å²) in [5, 5.41) is 16.0. The van der Waals surface area contributed by atoms with Crippen molar-refractivity contribution in [3.63, 3.8) is 0 Å². The van der Waals surface area contributed by atoms with Crippen molar-refractivity contribution in [1.82, 2.24) is 14.7 Å². The standard InChI is InChI=1S/C25H26FN3O2/c1-16-5-6-21-18(7-16)10-27-29(21)15-24-12-25(13-24,14-24)23(31)28-11-20(30)9-22(28)17-3-2-4-19(26)8-17/h2-8,10,20,22,30H,9,11-15H2,1H3/t20-,22+,24?,25?/m1/s1. The molecule has 4 aliphatic rings. The number of carbonyl (C=O) groups excluding carboxylic acids is 1. The van der Waals surface area contributed by atoms with Gasteiger partial charge >= 0.3 is 0 Å². The fourth-order valence-corrected chi connectivity index (χ4v) is 6.42. The van der Waals surface area contributed by atoms with Crippen LogP contribution in [0.15, 0.2) is 48.7 Å². The topological polar surface area (TPSA) is 58.4 Å². The highest BCUT2D eigenvalue weighted by Gasteiger charge is 2.72. The number of benzene rings is 2. The van der Waals surface area contributed by atoms with E-state index in [1.807, 2.05) is 12.3 Å². The Bertz CT molecular complexity index is 1180. The van der Waals surface area contributed by atoms with Crippen molar-refractivity contribution in [1.29, 1.82) is 0 Å². The molecular formula is C25H26FN3O2. The van der Waals surface area contributed by atoms with Crippen LogP contribution in [0.3, 0.4) is 0 Å². The maximum atomic E-state index is 13.8. The number of aliphatic hydroxyl groups excluding tert-OH is 1. The molecule has 2 heterocycles. The largest absolute Gasteiger partial charge is 0.391 e. The Labute approximate surface area is 180 Å². The molecule has 7 rings (SSSR count). The molecule has 3 aliphatic carbocycles. The van der Waals surface area contributed by atoms with Crippen molar-refractivity contribution < 1.29 is 14.3 Å². The van der Waals surface area contributed by atoms with Gasteiger partial charge in [-0.2, -0.15) is 5.10 Å². The number of carbonyl (C=O) groups is 1. The minimum atomic E-state index is -0.558. The van der Waals surface area contributed by atoms with Crippen molar-refractivity contribution in [3.8, 4) is 0 Å². The Balaban J connectivity index is 1.18. The number of aromatic nitrogens is 2. The lowest BCUT2D eigenvalue weighted by molar-refractivity contribution is -0.222. The van der Waals surface area contributed by atoms with Gasteiger partial charge < -0.3 is 10.0 Å². The summed E-state index contributed by atoms with van der Waals surface area (Å²) in [6, 6.07) is 12.5. The monoisotopic (exact) mass is 419 g/mol. The van der Waals surface area contributed by atoms with Gasteiger partial charge in [0.2, 0.25) is 5.91 Å². The van der Waals surface area contributed by atoms with E-state index >= 15 is 0 Å². The number of fused-ring (bicyclic) bond motifs is 1. The van der Waals surface area contributed by atoms with Gasteiger partial charge in [0.1, 0.15) is 5.82 Å². The maximum absolute atomic E-state index is 13.8. The Morgan fingerprint density at radius 2 is 2.03 bits per heavy atom. The predicted molar refractivity (Wildman–Crippen MR) is 115 cm³/mol. The van der Waals surface area contributed by atoms with E-state index in [1.165, 1.54) is 17.7 Å². The molecule has 3 aromatic rings. The molecule has 1 aromatic heterocycles. The molecule has 2 bridgehead atoms. The van der Waals surface area contributed by atoms with Gasteiger partial charge in [0.05, 0.1) is 29.3 Å². The predicted octanol–water partition coefficient (Wildman–Crippen LogP) is 3.99. The summed E-state index contributed by atoms with van der Waals surface area (Å²) in [6.07, 6.45) is 4.44. The maximum Gasteiger partial charge on any atom is 0.229 e. The first kappa shape index (κ1) is 19.0. The molecule has 2 aromatic carbocycles. The lowest BCUT2D eigenvalue weighted by Crippen LogP contribution is -2.69. The van der Waals surface area contributed by atoms with Crippen molar-refractivity contribution in [2.45, 2.75) is 51.3 Å². The number of nitrogens with zero attached hydrogens (tertiary/aromatic N) is 3. The van der Waals surface area contributed by atoms with Crippen LogP contribution in [0.25, 0.3) is 10.9 Å². The molecule has 1 amide bonds. The van der Waals surface area contributed by atoms with Crippen LogP contribution in [0.1, 0.15) is 42.9 Å². The third-order valence-corrected chi connectivity index (χ3v) is 7.65. The van der Waals surface area contributed by atoms with E-state index in [-0.39, 0.29) is 28.6 Å². The Hall–Kier alpha value is -2.73. The average Bonchev–Trinajstić information content (AvgIpc) is 3.26. The first-order chi connectivity index (χ1) is 14.9. The molecule has 3 saturated carbocycles. The number of amides is 1. The normalized spacial score (nSPS) is 31.5. The van der Waals surface area contributed by atoms with Gasteiger partial charge in [-0.05, 0) is 67.9 Å². The smallest absolute Gasteiger partial charge is 0.229 e. The van der Waals surface area contributed by atoms with Crippen LogP contribution in [0.2, 0.25) is 0 Å². The lowest BCUT2D eigenvalue weighted by atomic mass is 9.34. The molecule has 1 N–H and O–H groups in total. The van der Waals surface area contributed by atoms with Crippen LogP contribution < -0.4 is 0 Å². The summed E-state index contributed by atoms with van der Waals surface area (Å²) in [7, 11) is 0. The molecule has 0 spiro atoms. The number of likely N-dealkylation sites (tertiary alicyclic amines) is 1. The quantitative estimate of drug-likeness (QED) is 0.696. The molecule has 2 atom stereocenters. The van der Waals surface area contributed by atoms with Crippen molar-refractivity contribution >= 4 is 16.8 Å². The fraction of sp³-hybridized carbons (Fsp3) is 0.440. The highest BCUT2D eigenvalue weighted by Crippen LogP contribution is 2.74. The molecular weight excluding hydrogens is 393 g/mol. The number of halogens is 1. The minimum absolute atomic E-state index is 0.126. The zero-order valence-corrected chi connectivity index (χ0v) is 17.6. The highest BCUT2D eigenvalue weighted by molar-refractivity contribution is 5.87. The summed E-state index contributed by atoms with van der Waals surface area (Å²) in [5.41, 5.74) is 2.97. The summed E-state index contributed by atoms with van der Waals surface area (Å²) in [5.74, 6) is -0.182. The number of β-amino-alcohol motifs (C(OH)–C–C–N with tert-alkyl or cyclic N) is 1. The summed E-state index contributed by atoms with van der Waals surface area (Å²) in [6.45, 7) is 3.25. The average molecular weight is 420 g/mol. The Morgan fingerprint density at radius 3 is 2.81 bits per heavy atom. The molecule has 1 saturated heterocycles. The first-order valence-corrected chi connectivity index (χ1v) is 11.0. The molecule has 6 heteroatoms. The molecule has 0 radical (unpaired) electrons. The number of aliphatic hydroxyl groups is 1. The van der Waals surface area contributed by atoms with Crippen LogP contribution in [0.5, 0.6) is 0 Å². The second-order valence-corrected chi connectivity index (χ2v) is 10.1. The van der Waals surface area contributed by atoms with Gasteiger partial charge in [-0.1, -0.05) is 23.8 Å². The summed E-state index contributed by atoms with van der Waals surface area (Å²) < 4.78 is 15.8. The van der Waals surface area contributed by atoms with E-state index in [0.717, 1.165) is 42.3 Å². The Morgan fingerprint density at radius 1 is 1.23 bits per heavy atom. The van der Waals surface area contributed by atoms with E-state index in [2.05, 4.69) is 34.9 Å². The SMILES string of the molecule is Cc1ccc2c(cnn2CC23CC(C(=O)N4C[C@H](O)C[C@H]4c4cccc(F)c4)(C2)C3)c1. The van der Waals surface area contributed by atoms with E-state index < -0.39 is 6.10 Å². The van der Waals surface area contributed by atoms with E-state index in [1.54, 1.807) is 11.0 Å². The molecule has 5 nitrogen and oxygen atoms in total. The number of hydrogen-bond donors (Lipinski definition) is 1. The highest BCUT2D eigenvalue weighted by atomic mass is 19.1. The first-order valence-electron chi connectivity index (χ1n) is 11.0. The van der Waals surface area contributed by atoms with Gasteiger partial charge in [0.25, 0.3) is 0 Å².